The molecule has 0 fully saturated rings. The molecule has 0 amide bonds. The Kier molecular flexibility index (Phi) is 11.6. The van der Waals surface area contributed by atoms with E-state index in [1.165, 1.54) is 0 Å². The summed E-state index contributed by atoms with van der Waals surface area (Å²) in [4.78, 5) is 13.4. The molecule has 0 saturated carbocycles. The lowest BCUT2D eigenvalue weighted by molar-refractivity contribution is 0.0729. The SMILES string of the molecule is CCCOc1c(OCCC)c(OC(=O)c2ccc(CC)cc2)c2ccc(Cl)cc2c1OCCCc1ccc(Cl)cc1Cl. The van der Waals surface area contributed by atoms with E-state index in [1.54, 1.807) is 30.3 Å². The molecule has 0 radical (unpaired) electrons. The summed E-state index contributed by atoms with van der Waals surface area (Å²) in [6.45, 7) is 7.27. The van der Waals surface area contributed by atoms with Crippen molar-refractivity contribution in [2.75, 3.05) is 19.8 Å². The largest absolute Gasteiger partial charge is 0.489 e. The van der Waals surface area contributed by atoms with Crippen molar-refractivity contribution in [3.63, 3.8) is 0 Å². The first kappa shape index (κ1) is 31.8. The van der Waals surface area contributed by atoms with Gasteiger partial charge in [-0.15, -0.1) is 0 Å². The summed E-state index contributed by atoms with van der Waals surface area (Å²) in [7, 11) is 0. The average Bonchev–Trinajstić information content (AvgIpc) is 2.99. The molecule has 0 heterocycles. The minimum atomic E-state index is -0.495. The fourth-order valence-corrected chi connectivity index (χ4v) is 5.13. The Morgan fingerprint density at radius 3 is 1.93 bits per heavy atom. The zero-order valence-electron chi connectivity index (χ0n) is 24.1. The molecule has 0 spiro atoms. The average molecular weight is 630 g/mol. The Hall–Kier alpha value is -3.12. The van der Waals surface area contributed by atoms with Crippen molar-refractivity contribution in [2.45, 2.75) is 52.9 Å². The Balaban J connectivity index is 1.75. The number of hydrogen-bond donors (Lipinski definition) is 0. The molecule has 8 heteroatoms. The van der Waals surface area contributed by atoms with E-state index in [0.717, 1.165) is 30.4 Å². The first-order chi connectivity index (χ1) is 20.4. The van der Waals surface area contributed by atoms with E-state index in [0.29, 0.717) is 81.3 Å². The minimum Gasteiger partial charge on any atom is -0.489 e. The highest BCUT2D eigenvalue weighted by Crippen LogP contribution is 2.52. The van der Waals surface area contributed by atoms with Gasteiger partial charge in [0.1, 0.15) is 0 Å². The standard InChI is InChI=1S/C34H35Cl3O5/c1-4-17-39-32-30(41-19-7-8-23-13-14-26(36)21-29(23)37)28-20-25(35)15-16-27(28)31(33(32)40-18-5-2)42-34(38)24-11-9-22(6-3)10-12-24/h9-16,20-21H,4-8,17-19H2,1-3H3. The number of rotatable bonds is 14. The predicted octanol–water partition coefficient (Wildman–Crippen LogP) is 10.2. The third kappa shape index (κ3) is 7.83. The lowest BCUT2D eigenvalue weighted by Gasteiger charge is -2.22. The molecule has 4 rings (SSSR count). The zero-order valence-corrected chi connectivity index (χ0v) is 26.4. The molecule has 0 aliphatic rings. The number of aryl methyl sites for hydroxylation is 2. The summed E-state index contributed by atoms with van der Waals surface area (Å²) < 4.78 is 24.9. The second kappa shape index (κ2) is 15.4. The van der Waals surface area contributed by atoms with Crippen LogP contribution in [0.5, 0.6) is 23.0 Å². The number of esters is 1. The first-order valence-corrected chi connectivity index (χ1v) is 15.4. The van der Waals surface area contributed by atoms with Crippen LogP contribution >= 0.6 is 34.8 Å². The van der Waals surface area contributed by atoms with Gasteiger partial charge in [0.15, 0.2) is 11.5 Å². The molecule has 4 aromatic carbocycles. The van der Waals surface area contributed by atoms with E-state index < -0.39 is 5.97 Å². The molecular formula is C34H35Cl3O5. The van der Waals surface area contributed by atoms with Gasteiger partial charge in [-0.3, -0.25) is 0 Å². The van der Waals surface area contributed by atoms with Gasteiger partial charge >= 0.3 is 5.97 Å². The van der Waals surface area contributed by atoms with E-state index in [2.05, 4.69) is 6.92 Å². The van der Waals surface area contributed by atoms with Gasteiger partial charge in [-0.2, -0.15) is 0 Å². The molecule has 0 atom stereocenters. The van der Waals surface area contributed by atoms with Crippen LogP contribution in [0.2, 0.25) is 15.1 Å². The number of ether oxygens (including phenoxy) is 4. The third-order valence-electron chi connectivity index (χ3n) is 6.64. The van der Waals surface area contributed by atoms with Crippen LogP contribution in [0.15, 0.2) is 60.7 Å². The monoisotopic (exact) mass is 628 g/mol. The molecule has 0 saturated heterocycles. The molecule has 222 valence electrons. The molecule has 0 aliphatic carbocycles. The number of halogens is 3. The summed E-state index contributed by atoms with van der Waals surface area (Å²) in [6.07, 6.45) is 3.77. The maximum Gasteiger partial charge on any atom is 0.343 e. The summed E-state index contributed by atoms with van der Waals surface area (Å²) >= 11 is 18.9. The summed E-state index contributed by atoms with van der Waals surface area (Å²) in [6, 6.07) is 18.2. The highest BCUT2D eigenvalue weighted by atomic mass is 35.5. The molecule has 42 heavy (non-hydrogen) atoms. The molecule has 0 aliphatic heterocycles. The normalized spacial score (nSPS) is 11.0. The Morgan fingerprint density at radius 1 is 0.667 bits per heavy atom. The minimum absolute atomic E-state index is 0.270. The van der Waals surface area contributed by atoms with Crippen molar-refractivity contribution < 1.29 is 23.7 Å². The Morgan fingerprint density at radius 2 is 1.29 bits per heavy atom. The van der Waals surface area contributed by atoms with Gasteiger partial charge in [0, 0.05) is 25.8 Å². The molecule has 0 bridgehead atoms. The van der Waals surface area contributed by atoms with Crippen molar-refractivity contribution >= 4 is 51.5 Å². The van der Waals surface area contributed by atoms with E-state index in [4.69, 9.17) is 53.8 Å². The second-order valence-electron chi connectivity index (χ2n) is 9.83. The van der Waals surface area contributed by atoms with Crippen LogP contribution in [-0.2, 0) is 12.8 Å². The fraction of sp³-hybridized carbons (Fsp3) is 0.324. The lowest BCUT2D eigenvalue weighted by atomic mass is 10.1. The molecule has 0 aromatic heterocycles. The van der Waals surface area contributed by atoms with Crippen LogP contribution in [0.3, 0.4) is 0 Å². The number of hydrogen-bond acceptors (Lipinski definition) is 5. The number of fused-ring (bicyclic) bond motifs is 1. The lowest BCUT2D eigenvalue weighted by Crippen LogP contribution is -2.12. The second-order valence-corrected chi connectivity index (χ2v) is 11.1. The van der Waals surface area contributed by atoms with Crippen molar-refractivity contribution in [3.8, 4) is 23.0 Å². The topological polar surface area (TPSA) is 54.0 Å². The fourth-order valence-electron chi connectivity index (χ4n) is 4.46. The maximum absolute atomic E-state index is 13.4. The van der Waals surface area contributed by atoms with Gasteiger partial charge in [-0.1, -0.05) is 73.8 Å². The molecule has 0 N–H and O–H groups in total. The van der Waals surface area contributed by atoms with Crippen LogP contribution in [0, 0.1) is 0 Å². The van der Waals surface area contributed by atoms with Crippen LogP contribution in [0.1, 0.15) is 61.5 Å². The van der Waals surface area contributed by atoms with Crippen molar-refractivity contribution in [1.82, 2.24) is 0 Å². The smallest absolute Gasteiger partial charge is 0.343 e. The van der Waals surface area contributed by atoms with Crippen molar-refractivity contribution in [2.24, 2.45) is 0 Å². The molecular weight excluding hydrogens is 595 g/mol. The Bertz CT molecular complexity index is 1520. The van der Waals surface area contributed by atoms with Crippen LogP contribution in [0.4, 0.5) is 0 Å². The predicted molar refractivity (Wildman–Crippen MR) is 172 cm³/mol. The summed E-state index contributed by atoms with van der Waals surface area (Å²) in [5.74, 6) is 0.973. The van der Waals surface area contributed by atoms with Crippen molar-refractivity contribution in [1.29, 1.82) is 0 Å². The van der Waals surface area contributed by atoms with Gasteiger partial charge in [-0.25, -0.2) is 4.79 Å². The zero-order chi connectivity index (χ0) is 30.1. The van der Waals surface area contributed by atoms with Gasteiger partial charge < -0.3 is 18.9 Å². The highest BCUT2D eigenvalue weighted by molar-refractivity contribution is 6.35. The van der Waals surface area contributed by atoms with Crippen LogP contribution in [0.25, 0.3) is 10.8 Å². The number of benzene rings is 4. The molecule has 5 nitrogen and oxygen atoms in total. The van der Waals surface area contributed by atoms with Gasteiger partial charge in [0.05, 0.1) is 25.4 Å². The van der Waals surface area contributed by atoms with E-state index >= 15 is 0 Å². The molecule has 0 unspecified atom stereocenters. The third-order valence-corrected chi connectivity index (χ3v) is 7.46. The first-order valence-electron chi connectivity index (χ1n) is 14.3. The number of carbonyl (C=O) groups is 1. The summed E-state index contributed by atoms with van der Waals surface area (Å²) in [5.41, 5.74) is 2.56. The van der Waals surface area contributed by atoms with Crippen LogP contribution < -0.4 is 18.9 Å². The Labute approximate surface area is 262 Å². The van der Waals surface area contributed by atoms with Gasteiger partial charge in [0.2, 0.25) is 11.5 Å². The van der Waals surface area contributed by atoms with Gasteiger partial charge in [-0.05, 0) is 85.7 Å². The van der Waals surface area contributed by atoms with E-state index in [1.807, 2.05) is 44.2 Å². The van der Waals surface area contributed by atoms with Gasteiger partial charge in [0.25, 0.3) is 0 Å². The highest BCUT2D eigenvalue weighted by Gasteiger charge is 2.27. The molecule has 4 aromatic rings. The number of carbonyl (C=O) groups excluding carboxylic acids is 1. The summed E-state index contributed by atoms with van der Waals surface area (Å²) in [5, 5.41) is 3.02. The quantitative estimate of drug-likeness (QED) is 0.0789. The van der Waals surface area contributed by atoms with E-state index in [-0.39, 0.29) is 5.75 Å². The van der Waals surface area contributed by atoms with Crippen LogP contribution in [-0.4, -0.2) is 25.8 Å². The maximum atomic E-state index is 13.4. The van der Waals surface area contributed by atoms with E-state index in [9.17, 15) is 4.79 Å². The van der Waals surface area contributed by atoms with Crippen molar-refractivity contribution in [3.05, 3.63) is 92.4 Å².